The van der Waals surface area contributed by atoms with Crippen LogP contribution in [0, 0.1) is 24.8 Å². The fraction of sp³-hybridized carbons (Fsp3) is 0.121. The molecule has 0 amide bonds. The van der Waals surface area contributed by atoms with Gasteiger partial charge in [-0.1, -0.05) is 38.1 Å². The fourth-order valence-electron chi connectivity index (χ4n) is 5.67. The van der Waals surface area contributed by atoms with E-state index in [9.17, 15) is 5.26 Å². The number of nitrogens with zero attached hydrogens (tertiary/aromatic N) is 4. The van der Waals surface area contributed by atoms with Gasteiger partial charge in [-0.25, -0.2) is 15.1 Å². The lowest BCUT2D eigenvalue weighted by Gasteiger charge is -2.28. The van der Waals surface area contributed by atoms with Crippen LogP contribution in [0.15, 0.2) is 78.5 Å². The topological polar surface area (TPSA) is 44.3 Å². The Balaban J connectivity index is 1.37. The van der Waals surface area contributed by atoms with Crippen LogP contribution in [0.5, 0.6) is 0 Å². The Morgan fingerprint density at radius 3 is 2.50 bits per heavy atom. The minimum Gasteiger partial charge on any atom is -0.310 e. The van der Waals surface area contributed by atoms with Gasteiger partial charge in [-0.2, -0.15) is 0 Å². The first-order chi connectivity index (χ1) is 19.4. The number of nitriles is 1. The summed E-state index contributed by atoms with van der Waals surface area (Å²) in [6.07, 6.45) is 1.70. The zero-order valence-corrected chi connectivity index (χ0v) is 24.5. The lowest BCUT2D eigenvalue weighted by atomic mass is 9.82. The summed E-state index contributed by atoms with van der Waals surface area (Å²) in [6.45, 7) is 13.9. The highest BCUT2D eigenvalue weighted by Crippen LogP contribution is 2.58. The van der Waals surface area contributed by atoms with Crippen molar-refractivity contribution in [1.29, 1.82) is 5.26 Å². The lowest BCUT2D eigenvalue weighted by molar-refractivity contribution is 0.668. The highest BCUT2D eigenvalue weighted by molar-refractivity contribution is 7.30. The standard InChI is InChI=1S/C33H22N4S3/c1-19-36-27-16-23(11-13-28(27)38-19)37(21-8-6-5-7-9-21)22-10-12-25-26(15-22)33(2,3)30-31(25)40-29-17-24(39-32(29)30)14-20(18-34)35-4/h5-17H,1-3H3/b20-14-. The van der Waals surface area contributed by atoms with Crippen molar-refractivity contribution in [2.75, 3.05) is 4.90 Å². The molecular weight excluding hydrogens is 549 g/mol. The van der Waals surface area contributed by atoms with E-state index in [-0.39, 0.29) is 11.1 Å². The minimum absolute atomic E-state index is 0.115. The van der Waals surface area contributed by atoms with Crippen LogP contribution in [-0.4, -0.2) is 4.98 Å². The van der Waals surface area contributed by atoms with Gasteiger partial charge in [-0.15, -0.1) is 34.0 Å². The summed E-state index contributed by atoms with van der Waals surface area (Å²) in [7, 11) is 0. The summed E-state index contributed by atoms with van der Waals surface area (Å²) in [5.41, 5.74) is 8.18. The van der Waals surface area contributed by atoms with Crippen molar-refractivity contribution in [3.63, 3.8) is 0 Å². The molecule has 0 saturated heterocycles. The van der Waals surface area contributed by atoms with Gasteiger partial charge in [-0.05, 0) is 78.2 Å². The highest BCUT2D eigenvalue weighted by atomic mass is 32.1. The fourth-order valence-corrected chi connectivity index (χ4v) is 9.42. The van der Waals surface area contributed by atoms with Crippen LogP contribution >= 0.6 is 34.0 Å². The number of allylic oxidation sites excluding steroid dienone is 1. The summed E-state index contributed by atoms with van der Waals surface area (Å²) in [4.78, 5) is 12.7. The van der Waals surface area contributed by atoms with Crippen molar-refractivity contribution in [2.24, 2.45) is 0 Å². The molecule has 0 saturated carbocycles. The number of hydrogen-bond acceptors (Lipinski definition) is 6. The van der Waals surface area contributed by atoms with Crippen LogP contribution in [0.4, 0.5) is 17.1 Å². The second kappa shape index (κ2) is 9.15. The first-order valence-corrected chi connectivity index (χ1v) is 15.3. The number of anilines is 3. The smallest absolute Gasteiger partial charge is 0.263 e. The molecule has 0 atom stereocenters. The number of para-hydroxylation sites is 1. The maximum Gasteiger partial charge on any atom is 0.263 e. The maximum absolute atomic E-state index is 9.23. The molecule has 3 heterocycles. The number of fused-ring (bicyclic) bond motifs is 6. The van der Waals surface area contributed by atoms with E-state index in [1.54, 1.807) is 40.1 Å². The molecule has 7 heteroatoms. The summed E-state index contributed by atoms with van der Waals surface area (Å²) in [5, 5.41) is 10.3. The number of thiophene rings is 2. The first-order valence-electron chi connectivity index (χ1n) is 12.8. The van der Waals surface area contributed by atoms with Gasteiger partial charge in [0.1, 0.15) is 0 Å². The van der Waals surface area contributed by atoms with E-state index < -0.39 is 0 Å². The second-order valence-electron chi connectivity index (χ2n) is 10.3. The minimum atomic E-state index is -0.193. The van der Waals surface area contributed by atoms with Gasteiger partial charge in [0, 0.05) is 36.9 Å². The Labute approximate surface area is 244 Å². The molecule has 1 aliphatic carbocycles. The van der Waals surface area contributed by atoms with Crippen molar-refractivity contribution in [3.8, 4) is 16.5 Å². The predicted molar refractivity (Wildman–Crippen MR) is 170 cm³/mol. The molecule has 4 nitrogen and oxygen atoms in total. The van der Waals surface area contributed by atoms with E-state index in [0.717, 1.165) is 32.5 Å². The molecule has 40 heavy (non-hydrogen) atoms. The van der Waals surface area contributed by atoms with Crippen molar-refractivity contribution in [1.82, 2.24) is 4.98 Å². The summed E-state index contributed by atoms with van der Waals surface area (Å²) < 4.78 is 3.66. The third-order valence-electron chi connectivity index (χ3n) is 7.45. The molecule has 3 aromatic heterocycles. The van der Waals surface area contributed by atoms with Crippen LogP contribution in [0.3, 0.4) is 0 Å². The monoisotopic (exact) mass is 570 g/mol. The molecule has 192 valence electrons. The van der Waals surface area contributed by atoms with Gasteiger partial charge in [0.15, 0.2) is 0 Å². The van der Waals surface area contributed by atoms with E-state index in [4.69, 9.17) is 11.6 Å². The van der Waals surface area contributed by atoms with Crippen LogP contribution < -0.4 is 4.90 Å². The van der Waals surface area contributed by atoms with Crippen molar-refractivity contribution < 1.29 is 0 Å². The molecular formula is C33H22N4S3. The number of rotatable bonds is 4. The average molecular weight is 571 g/mol. The average Bonchev–Trinajstić information content (AvgIpc) is 3.67. The highest BCUT2D eigenvalue weighted by Gasteiger charge is 2.40. The third-order valence-corrected chi connectivity index (χ3v) is 10.8. The molecule has 0 unspecified atom stereocenters. The SMILES string of the molecule is [C-]#[N+]/C(C#N)=C\c1cc2sc3c(c2s1)C(C)(C)c1cc(N(c2ccccc2)c2ccc4sc(C)nc4c2)ccc1-3. The van der Waals surface area contributed by atoms with Gasteiger partial charge in [0.25, 0.3) is 5.70 Å². The predicted octanol–water partition coefficient (Wildman–Crippen LogP) is 10.4. The molecule has 0 radical (unpaired) electrons. The normalized spacial score (nSPS) is 13.7. The van der Waals surface area contributed by atoms with E-state index in [1.807, 2.05) is 12.1 Å². The van der Waals surface area contributed by atoms with E-state index >= 15 is 0 Å². The van der Waals surface area contributed by atoms with Crippen LogP contribution in [0.25, 0.3) is 41.0 Å². The zero-order chi connectivity index (χ0) is 27.6. The Morgan fingerprint density at radius 1 is 0.950 bits per heavy atom. The quantitative estimate of drug-likeness (QED) is 0.156. The molecule has 0 fully saturated rings. The number of benzene rings is 3. The number of thiazole rings is 1. The van der Waals surface area contributed by atoms with Gasteiger partial charge in [0.05, 0.1) is 32.6 Å². The molecule has 6 aromatic rings. The van der Waals surface area contributed by atoms with Crippen molar-refractivity contribution >= 4 is 76.8 Å². The first kappa shape index (κ1) is 24.7. The van der Waals surface area contributed by atoms with Crippen LogP contribution in [0.2, 0.25) is 0 Å². The molecule has 0 aliphatic heterocycles. The Bertz CT molecular complexity index is 2060. The maximum atomic E-state index is 9.23. The summed E-state index contributed by atoms with van der Waals surface area (Å²) >= 11 is 5.20. The van der Waals surface area contributed by atoms with Gasteiger partial charge < -0.3 is 4.90 Å². The summed E-state index contributed by atoms with van der Waals surface area (Å²) in [6, 6.07) is 28.0. The van der Waals surface area contributed by atoms with E-state index in [0.29, 0.717) is 0 Å². The Kier molecular flexibility index (Phi) is 5.66. The van der Waals surface area contributed by atoms with Crippen molar-refractivity contribution in [2.45, 2.75) is 26.2 Å². The molecule has 3 aromatic carbocycles. The zero-order valence-electron chi connectivity index (χ0n) is 22.0. The van der Waals surface area contributed by atoms with Gasteiger partial charge in [-0.3, -0.25) is 0 Å². The largest absolute Gasteiger partial charge is 0.310 e. The molecule has 0 spiro atoms. The number of aromatic nitrogens is 1. The molecule has 0 bridgehead atoms. The Hall–Kier alpha value is -4.27. The Morgan fingerprint density at radius 2 is 1.73 bits per heavy atom. The third kappa shape index (κ3) is 3.78. The van der Waals surface area contributed by atoms with Crippen LogP contribution in [-0.2, 0) is 5.41 Å². The van der Waals surface area contributed by atoms with Gasteiger partial charge >= 0.3 is 0 Å². The van der Waals surface area contributed by atoms with Gasteiger partial charge in [0.2, 0.25) is 0 Å². The molecule has 7 rings (SSSR count). The lowest BCUT2D eigenvalue weighted by Crippen LogP contribution is -2.16. The molecule has 0 N–H and O–H groups in total. The van der Waals surface area contributed by atoms with E-state index in [1.165, 1.54) is 35.7 Å². The van der Waals surface area contributed by atoms with E-state index in [2.05, 4.69) is 97.2 Å². The van der Waals surface area contributed by atoms with Crippen LogP contribution in [0.1, 0.15) is 34.9 Å². The van der Waals surface area contributed by atoms with Crippen molar-refractivity contribution in [3.05, 3.63) is 111 Å². The second-order valence-corrected chi connectivity index (χ2v) is 13.7. The summed E-state index contributed by atoms with van der Waals surface area (Å²) in [5.74, 6) is 0. The number of hydrogen-bond donors (Lipinski definition) is 0. The number of aryl methyl sites for hydroxylation is 1. The molecule has 1 aliphatic rings.